The van der Waals surface area contributed by atoms with Gasteiger partial charge in [0.2, 0.25) is 5.91 Å². The summed E-state index contributed by atoms with van der Waals surface area (Å²) in [6.45, 7) is 3.64. The predicted molar refractivity (Wildman–Crippen MR) is 114 cm³/mol. The Morgan fingerprint density at radius 1 is 1.04 bits per heavy atom. The highest BCUT2D eigenvalue weighted by molar-refractivity contribution is 7.99. The number of benzene rings is 1. The van der Waals surface area contributed by atoms with Crippen LogP contribution in [0.4, 0.5) is 0 Å². The maximum Gasteiger partial charge on any atom is 0.254 e. The van der Waals surface area contributed by atoms with Crippen molar-refractivity contribution in [2.24, 2.45) is 0 Å². The molecule has 5 nitrogen and oxygen atoms in total. The van der Waals surface area contributed by atoms with Gasteiger partial charge in [-0.25, -0.2) is 0 Å². The van der Waals surface area contributed by atoms with Crippen LogP contribution in [0.5, 0.6) is 0 Å². The second kappa shape index (κ2) is 8.87. The van der Waals surface area contributed by atoms with Gasteiger partial charge >= 0.3 is 0 Å². The number of likely N-dealkylation sites (tertiary alicyclic amines) is 1. The Kier molecular flexibility index (Phi) is 6.26. The molecule has 3 fully saturated rings. The lowest BCUT2D eigenvalue weighted by molar-refractivity contribution is -0.125. The Hall–Kier alpha value is -1.53. The molecule has 2 heterocycles. The van der Waals surface area contributed by atoms with E-state index >= 15 is 0 Å². The highest BCUT2D eigenvalue weighted by Gasteiger charge is 2.41. The van der Waals surface area contributed by atoms with Crippen LogP contribution < -0.4 is 5.32 Å². The van der Waals surface area contributed by atoms with E-state index in [1.54, 1.807) is 4.90 Å². The molecule has 3 aliphatic rings. The third-order valence-corrected chi connectivity index (χ3v) is 7.59. The fraction of sp³-hybridized carbons (Fsp3) is 0.636. The molecule has 2 saturated heterocycles. The van der Waals surface area contributed by atoms with Gasteiger partial charge < -0.3 is 10.2 Å². The minimum absolute atomic E-state index is 0.0260. The molecule has 1 N–H and O–H groups in total. The van der Waals surface area contributed by atoms with Gasteiger partial charge in [-0.05, 0) is 37.8 Å². The molecule has 1 saturated carbocycles. The van der Waals surface area contributed by atoms with Crippen molar-refractivity contribution in [2.45, 2.75) is 50.1 Å². The van der Waals surface area contributed by atoms with Gasteiger partial charge in [-0.3, -0.25) is 14.5 Å². The Bertz CT molecular complexity index is 684. The number of nitrogens with zero attached hydrogens (tertiary/aromatic N) is 2. The van der Waals surface area contributed by atoms with Crippen molar-refractivity contribution in [3.05, 3.63) is 35.9 Å². The molecule has 1 aliphatic carbocycles. The van der Waals surface area contributed by atoms with Crippen LogP contribution in [0.25, 0.3) is 0 Å². The first kappa shape index (κ1) is 19.8. The van der Waals surface area contributed by atoms with Gasteiger partial charge in [-0.2, -0.15) is 11.8 Å². The summed E-state index contributed by atoms with van der Waals surface area (Å²) in [5, 5.41) is 3.26. The van der Waals surface area contributed by atoms with Crippen molar-refractivity contribution in [1.82, 2.24) is 15.1 Å². The summed E-state index contributed by atoms with van der Waals surface area (Å²) in [4.78, 5) is 30.3. The van der Waals surface area contributed by atoms with E-state index < -0.39 is 0 Å². The molecule has 0 aromatic heterocycles. The van der Waals surface area contributed by atoms with Crippen molar-refractivity contribution < 1.29 is 9.59 Å². The predicted octanol–water partition coefficient (Wildman–Crippen LogP) is 2.77. The first-order valence-corrected chi connectivity index (χ1v) is 11.8. The third-order valence-electron chi connectivity index (χ3n) is 6.64. The maximum absolute atomic E-state index is 13.0. The summed E-state index contributed by atoms with van der Waals surface area (Å²) in [5.41, 5.74) is 0.795. The number of carbonyl (C=O) groups excluding carboxylic acids is 2. The molecular formula is C22H31N3O2S. The molecule has 1 unspecified atom stereocenters. The summed E-state index contributed by atoms with van der Waals surface area (Å²) in [6.07, 6.45) is 6.51. The number of carbonyl (C=O) groups is 2. The van der Waals surface area contributed by atoms with Gasteiger partial charge in [0.25, 0.3) is 5.91 Å². The van der Waals surface area contributed by atoms with Gasteiger partial charge in [0.05, 0.1) is 0 Å². The van der Waals surface area contributed by atoms with Crippen LogP contribution in [-0.4, -0.2) is 70.9 Å². The van der Waals surface area contributed by atoms with Crippen LogP contribution in [-0.2, 0) is 4.79 Å². The van der Waals surface area contributed by atoms with E-state index in [1.165, 1.54) is 37.2 Å². The average molecular weight is 402 g/mol. The van der Waals surface area contributed by atoms with Crippen molar-refractivity contribution >= 4 is 23.6 Å². The van der Waals surface area contributed by atoms with Crippen LogP contribution >= 0.6 is 11.8 Å². The zero-order chi connectivity index (χ0) is 19.4. The average Bonchev–Trinajstić information content (AvgIpc) is 3.43. The van der Waals surface area contributed by atoms with E-state index in [-0.39, 0.29) is 23.4 Å². The summed E-state index contributed by atoms with van der Waals surface area (Å²) in [7, 11) is 0. The molecule has 2 aliphatic heterocycles. The lowest BCUT2D eigenvalue weighted by Gasteiger charge is -2.43. The molecule has 4 rings (SSSR count). The van der Waals surface area contributed by atoms with Crippen LogP contribution in [0.2, 0.25) is 0 Å². The van der Waals surface area contributed by atoms with Gasteiger partial charge in [-0.15, -0.1) is 0 Å². The largest absolute Gasteiger partial charge is 0.352 e. The maximum atomic E-state index is 13.0. The normalized spacial score (nSPS) is 25.0. The highest BCUT2D eigenvalue weighted by Crippen LogP contribution is 2.36. The monoisotopic (exact) mass is 401 g/mol. The topological polar surface area (TPSA) is 52.7 Å². The fourth-order valence-electron chi connectivity index (χ4n) is 5.07. The molecule has 6 heteroatoms. The number of rotatable bonds is 5. The number of amides is 2. The summed E-state index contributed by atoms with van der Waals surface area (Å²) in [6, 6.07) is 8.99. The van der Waals surface area contributed by atoms with Gasteiger partial charge in [-0.1, -0.05) is 31.0 Å². The number of thioether (sulfide) groups is 1. The van der Waals surface area contributed by atoms with Gasteiger partial charge in [0.1, 0.15) is 6.04 Å². The zero-order valence-corrected chi connectivity index (χ0v) is 17.4. The van der Waals surface area contributed by atoms with Crippen LogP contribution in [0, 0.1) is 0 Å². The SMILES string of the molecule is O=C(NCC1(N2CCSCC2)CCCC1)C1CCCN1C(=O)c1ccccc1. The van der Waals surface area contributed by atoms with Crippen molar-refractivity contribution in [3.8, 4) is 0 Å². The van der Waals surface area contributed by atoms with Gasteiger partial charge in [0, 0.05) is 48.8 Å². The Labute approximate surface area is 172 Å². The van der Waals surface area contributed by atoms with E-state index in [2.05, 4.69) is 10.2 Å². The van der Waals surface area contributed by atoms with Crippen LogP contribution in [0.3, 0.4) is 0 Å². The molecule has 1 aromatic carbocycles. The van der Waals surface area contributed by atoms with Crippen molar-refractivity contribution in [1.29, 1.82) is 0 Å². The molecule has 0 bridgehead atoms. The number of nitrogens with one attached hydrogen (secondary N) is 1. The van der Waals surface area contributed by atoms with E-state index in [9.17, 15) is 9.59 Å². The first-order valence-electron chi connectivity index (χ1n) is 10.7. The van der Waals surface area contributed by atoms with E-state index in [0.29, 0.717) is 12.1 Å². The Balaban J connectivity index is 1.40. The van der Waals surface area contributed by atoms with E-state index in [0.717, 1.165) is 32.5 Å². The molecule has 2 amide bonds. The van der Waals surface area contributed by atoms with Crippen molar-refractivity contribution in [3.63, 3.8) is 0 Å². The summed E-state index contributed by atoms with van der Waals surface area (Å²) < 4.78 is 0. The summed E-state index contributed by atoms with van der Waals surface area (Å²) in [5.74, 6) is 2.39. The van der Waals surface area contributed by atoms with Gasteiger partial charge in [0.15, 0.2) is 0 Å². The lowest BCUT2D eigenvalue weighted by atomic mass is 9.94. The minimum atomic E-state index is -0.330. The lowest BCUT2D eigenvalue weighted by Crippen LogP contribution is -2.58. The quantitative estimate of drug-likeness (QED) is 0.824. The third kappa shape index (κ3) is 4.08. The standard InChI is InChI=1S/C22H31N3O2S/c26-20(19-9-6-12-25(19)21(27)18-7-2-1-3-8-18)23-17-22(10-4-5-11-22)24-13-15-28-16-14-24/h1-3,7-8,19H,4-6,9-17H2,(H,23,26). The Morgan fingerprint density at radius 3 is 2.46 bits per heavy atom. The molecule has 28 heavy (non-hydrogen) atoms. The molecular weight excluding hydrogens is 370 g/mol. The number of hydrogen-bond donors (Lipinski definition) is 1. The number of hydrogen-bond acceptors (Lipinski definition) is 4. The molecule has 0 radical (unpaired) electrons. The van der Waals surface area contributed by atoms with Crippen LogP contribution in [0.1, 0.15) is 48.9 Å². The summed E-state index contributed by atoms with van der Waals surface area (Å²) >= 11 is 2.03. The molecule has 1 aromatic rings. The minimum Gasteiger partial charge on any atom is -0.352 e. The van der Waals surface area contributed by atoms with E-state index in [1.807, 2.05) is 42.1 Å². The zero-order valence-electron chi connectivity index (χ0n) is 16.6. The van der Waals surface area contributed by atoms with Crippen LogP contribution in [0.15, 0.2) is 30.3 Å². The Morgan fingerprint density at radius 2 is 1.75 bits per heavy atom. The van der Waals surface area contributed by atoms with Crippen molar-refractivity contribution in [2.75, 3.05) is 37.7 Å². The molecule has 152 valence electrons. The molecule has 1 atom stereocenters. The first-order chi connectivity index (χ1) is 13.7. The molecule has 0 spiro atoms. The van der Waals surface area contributed by atoms with E-state index in [4.69, 9.17) is 0 Å². The smallest absolute Gasteiger partial charge is 0.254 e. The highest BCUT2D eigenvalue weighted by atomic mass is 32.2. The fourth-order valence-corrected chi connectivity index (χ4v) is 5.98. The second-order valence-corrected chi connectivity index (χ2v) is 9.50. The second-order valence-electron chi connectivity index (χ2n) is 8.27.